The molecule has 1 fully saturated rings. The van der Waals surface area contributed by atoms with Crippen molar-refractivity contribution >= 4 is 6.03 Å². The van der Waals surface area contributed by atoms with Crippen LogP contribution in [0.15, 0.2) is 30.3 Å². The van der Waals surface area contributed by atoms with Crippen molar-refractivity contribution in [2.45, 2.75) is 39.7 Å². The van der Waals surface area contributed by atoms with E-state index in [9.17, 15) is 4.79 Å². The Bertz CT molecular complexity index is 764. The van der Waals surface area contributed by atoms with E-state index in [1.807, 2.05) is 36.9 Å². The lowest BCUT2D eigenvalue weighted by atomic mass is 10.1. The summed E-state index contributed by atoms with van der Waals surface area (Å²) < 4.78 is 1.94. The van der Waals surface area contributed by atoms with Crippen LogP contribution >= 0.6 is 0 Å². The Morgan fingerprint density at radius 3 is 2.67 bits per heavy atom. The molecule has 27 heavy (non-hydrogen) atoms. The van der Waals surface area contributed by atoms with Crippen LogP contribution in [0.25, 0.3) is 5.69 Å². The smallest absolute Gasteiger partial charge is 0.317 e. The summed E-state index contributed by atoms with van der Waals surface area (Å²) in [6.07, 6.45) is 3.89. The SMILES string of the molecule is Cc1cc(C)n(-c2cccc(CN(C)C(=O)NCCN3CCCCC3)c2)n1. The van der Waals surface area contributed by atoms with Gasteiger partial charge in [0, 0.05) is 32.4 Å². The Morgan fingerprint density at radius 2 is 1.96 bits per heavy atom. The second-order valence-electron chi connectivity index (χ2n) is 7.50. The molecule has 1 N–H and O–H groups in total. The van der Waals surface area contributed by atoms with Gasteiger partial charge in [0.1, 0.15) is 0 Å². The van der Waals surface area contributed by atoms with Crippen LogP contribution in [0.3, 0.4) is 0 Å². The summed E-state index contributed by atoms with van der Waals surface area (Å²) in [6, 6.07) is 10.2. The second-order valence-corrected chi connectivity index (χ2v) is 7.50. The number of aromatic nitrogens is 2. The highest BCUT2D eigenvalue weighted by Crippen LogP contribution is 2.15. The maximum Gasteiger partial charge on any atom is 0.317 e. The average Bonchev–Trinajstić information content (AvgIpc) is 3.01. The lowest BCUT2D eigenvalue weighted by molar-refractivity contribution is 0.198. The molecule has 2 heterocycles. The van der Waals surface area contributed by atoms with Crippen LogP contribution in [0.2, 0.25) is 0 Å². The van der Waals surface area contributed by atoms with Gasteiger partial charge in [0.2, 0.25) is 0 Å². The zero-order valence-corrected chi connectivity index (χ0v) is 16.7. The minimum atomic E-state index is -0.0245. The fraction of sp³-hybridized carbons (Fsp3) is 0.524. The van der Waals surface area contributed by atoms with Gasteiger partial charge in [-0.25, -0.2) is 9.48 Å². The number of benzene rings is 1. The van der Waals surface area contributed by atoms with E-state index in [1.165, 1.54) is 19.3 Å². The van der Waals surface area contributed by atoms with Crippen LogP contribution < -0.4 is 5.32 Å². The summed E-state index contributed by atoms with van der Waals surface area (Å²) in [5.41, 5.74) is 4.22. The fourth-order valence-electron chi connectivity index (χ4n) is 3.66. The highest BCUT2D eigenvalue weighted by molar-refractivity contribution is 5.73. The molecule has 0 spiro atoms. The lowest BCUT2D eigenvalue weighted by Gasteiger charge is -2.27. The molecule has 3 rings (SSSR count). The predicted molar refractivity (Wildman–Crippen MR) is 108 cm³/mol. The number of carbonyl (C=O) groups is 1. The lowest BCUT2D eigenvalue weighted by Crippen LogP contribution is -2.42. The highest BCUT2D eigenvalue weighted by Gasteiger charge is 2.12. The number of carbonyl (C=O) groups excluding carboxylic acids is 1. The predicted octanol–water partition coefficient (Wildman–Crippen LogP) is 3.12. The molecule has 1 saturated heterocycles. The minimum absolute atomic E-state index is 0.0245. The maximum atomic E-state index is 12.4. The van der Waals surface area contributed by atoms with E-state index < -0.39 is 0 Å². The van der Waals surface area contributed by atoms with Crippen LogP contribution in [0.1, 0.15) is 36.2 Å². The molecular formula is C21H31N5O. The molecule has 0 bridgehead atoms. The number of hydrogen-bond acceptors (Lipinski definition) is 3. The van der Waals surface area contributed by atoms with Crippen LogP contribution in [0.4, 0.5) is 4.79 Å². The third-order valence-electron chi connectivity index (χ3n) is 5.08. The molecule has 6 heteroatoms. The molecule has 0 unspecified atom stereocenters. The van der Waals surface area contributed by atoms with E-state index >= 15 is 0 Å². The van der Waals surface area contributed by atoms with E-state index in [4.69, 9.17) is 0 Å². The Balaban J connectivity index is 1.52. The standard InChI is InChI=1S/C21H31N5O/c1-17-14-18(2)26(23-17)20-9-7-8-19(15-20)16-24(3)21(27)22-10-13-25-11-5-4-6-12-25/h7-9,14-15H,4-6,10-13,16H2,1-3H3,(H,22,27). The molecular weight excluding hydrogens is 338 g/mol. The fourth-order valence-corrected chi connectivity index (χ4v) is 3.66. The van der Waals surface area contributed by atoms with E-state index in [1.54, 1.807) is 4.90 Å². The number of nitrogens with zero attached hydrogens (tertiary/aromatic N) is 4. The molecule has 6 nitrogen and oxygen atoms in total. The second kappa shape index (κ2) is 9.04. The first kappa shape index (κ1) is 19.4. The molecule has 146 valence electrons. The first-order valence-corrected chi connectivity index (χ1v) is 9.87. The van der Waals surface area contributed by atoms with E-state index in [0.29, 0.717) is 13.1 Å². The van der Waals surface area contributed by atoms with Crippen LogP contribution in [0.5, 0.6) is 0 Å². The van der Waals surface area contributed by atoms with E-state index in [2.05, 4.69) is 34.4 Å². The van der Waals surface area contributed by atoms with E-state index in [0.717, 1.165) is 42.3 Å². The highest BCUT2D eigenvalue weighted by atomic mass is 16.2. The van der Waals surface area contributed by atoms with Gasteiger partial charge in [-0.3, -0.25) is 0 Å². The summed E-state index contributed by atoms with van der Waals surface area (Å²) in [4.78, 5) is 16.5. The van der Waals surface area contributed by atoms with Gasteiger partial charge in [-0.2, -0.15) is 5.10 Å². The van der Waals surface area contributed by atoms with E-state index in [-0.39, 0.29) is 6.03 Å². The number of nitrogens with one attached hydrogen (secondary N) is 1. The molecule has 0 radical (unpaired) electrons. The summed E-state index contributed by atoms with van der Waals surface area (Å²) >= 11 is 0. The molecule has 1 aliphatic rings. The quantitative estimate of drug-likeness (QED) is 0.851. The third kappa shape index (κ3) is 5.32. The number of urea groups is 1. The zero-order valence-electron chi connectivity index (χ0n) is 16.7. The van der Waals surface area contributed by atoms with Crippen molar-refractivity contribution in [2.24, 2.45) is 0 Å². The van der Waals surface area contributed by atoms with Crippen LogP contribution in [-0.4, -0.2) is 58.8 Å². The molecule has 1 aromatic heterocycles. The zero-order chi connectivity index (χ0) is 19.2. The minimum Gasteiger partial charge on any atom is -0.337 e. The normalized spacial score (nSPS) is 14.9. The van der Waals surface area contributed by atoms with Crippen molar-refractivity contribution < 1.29 is 4.79 Å². The first-order valence-electron chi connectivity index (χ1n) is 9.87. The van der Waals surface area contributed by atoms with Crippen LogP contribution in [-0.2, 0) is 6.54 Å². The number of rotatable bonds is 6. The molecule has 0 aliphatic carbocycles. The van der Waals surface area contributed by atoms with Crippen molar-refractivity contribution in [1.29, 1.82) is 0 Å². The molecule has 2 aromatic rings. The Labute approximate surface area is 162 Å². The first-order chi connectivity index (χ1) is 13.0. The number of hydrogen-bond donors (Lipinski definition) is 1. The molecule has 2 amide bonds. The summed E-state index contributed by atoms with van der Waals surface area (Å²) in [6.45, 7) is 8.57. The molecule has 1 aromatic carbocycles. The van der Waals surface area contributed by atoms with Crippen LogP contribution in [0, 0.1) is 13.8 Å². The summed E-state index contributed by atoms with van der Waals surface area (Å²) in [7, 11) is 1.84. The summed E-state index contributed by atoms with van der Waals surface area (Å²) in [5.74, 6) is 0. The number of amides is 2. The monoisotopic (exact) mass is 369 g/mol. The Morgan fingerprint density at radius 1 is 1.19 bits per heavy atom. The largest absolute Gasteiger partial charge is 0.337 e. The van der Waals surface area contributed by atoms with Crippen molar-refractivity contribution in [3.8, 4) is 5.69 Å². The van der Waals surface area contributed by atoms with Crippen molar-refractivity contribution in [1.82, 2.24) is 24.9 Å². The number of aryl methyl sites for hydroxylation is 2. The van der Waals surface area contributed by atoms with Gasteiger partial charge in [0.25, 0.3) is 0 Å². The molecule has 0 atom stereocenters. The summed E-state index contributed by atoms with van der Waals surface area (Å²) in [5, 5.41) is 7.58. The topological polar surface area (TPSA) is 53.4 Å². The maximum absolute atomic E-state index is 12.4. The van der Waals surface area contributed by atoms with Gasteiger partial charge in [0.05, 0.1) is 11.4 Å². The van der Waals surface area contributed by atoms with Crippen molar-refractivity contribution in [3.05, 3.63) is 47.3 Å². The molecule has 0 saturated carbocycles. The van der Waals surface area contributed by atoms with Gasteiger partial charge in [0.15, 0.2) is 0 Å². The van der Waals surface area contributed by atoms with Crippen molar-refractivity contribution in [2.75, 3.05) is 33.2 Å². The van der Waals surface area contributed by atoms with Gasteiger partial charge in [-0.1, -0.05) is 18.6 Å². The number of piperidine rings is 1. The number of likely N-dealkylation sites (tertiary alicyclic amines) is 1. The average molecular weight is 370 g/mol. The Hall–Kier alpha value is -2.34. The van der Waals surface area contributed by atoms with Gasteiger partial charge < -0.3 is 15.1 Å². The molecule has 1 aliphatic heterocycles. The third-order valence-corrected chi connectivity index (χ3v) is 5.08. The van der Waals surface area contributed by atoms with Gasteiger partial charge in [-0.15, -0.1) is 0 Å². The van der Waals surface area contributed by atoms with Gasteiger partial charge >= 0.3 is 6.03 Å². The Kier molecular flexibility index (Phi) is 6.50. The van der Waals surface area contributed by atoms with Crippen molar-refractivity contribution in [3.63, 3.8) is 0 Å². The van der Waals surface area contributed by atoms with Gasteiger partial charge in [-0.05, 0) is 63.5 Å².